The molecule has 29 heavy (non-hydrogen) atoms. The molecule has 0 saturated heterocycles. The molecule has 152 valence electrons. The van der Waals surface area contributed by atoms with Crippen molar-refractivity contribution in [3.8, 4) is 0 Å². The predicted molar refractivity (Wildman–Crippen MR) is 102 cm³/mol. The lowest BCUT2D eigenvalue weighted by atomic mass is 10.1. The van der Waals surface area contributed by atoms with Crippen LogP contribution in [0.5, 0.6) is 0 Å². The molecule has 0 radical (unpaired) electrons. The number of carbonyl (C=O) groups excluding carboxylic acids is 2. The highest BCUT2D eigenvalue weighted by atomic mass is 16.6. The molecule has 2 N–H and O–H groups in total. The van der Waals surface area contributed by atoms with Crippen LogP contribution < -0.4 is 5.32 Å². The first-order valence-electron chi connectivity index (χ1n) is 8.50. The highest BCUT2D eigenvalue weighted by Crippen LogP contribution is 2.15. The molecule has 11 heteroatoms. The Labute approximate surface area is 164 Å². The highest BCUT2D eigenvalue weighted by Gasteiger charge is 2.18. The van der Waals surface area contributed by atoms with E-state index in [4.69, 9.17) is 0 Å². The van der Waals surface area contributed by atoms with Crippen molar-refractivity contribution in [1.82, 2.24) is 10.2 Å². The molecule has 0 saturated carbocycles. The van der Waals surface area contributed by atoms with E-state index in [1.54, 1.807) is 0 Å². The van der Waals surface area contributed by atoms with Crippen LogP contribution in [0.15, 0.2) is 48.5 Å². The Morgan fingerprint density at radius 1 is 0.931 bits per heavy atom. The fraction of sp³-hybridized carbons (Fsp3) is 0.222. The lowest BCUT2D eigenvalue weighted by Crippen LogP contribution is -2.40. The van der Waals surface area contributed by atoms with Crippen LogP contribution in [-0.2, 0) is 0 Å². The third-order valence-corrected chi connectivity index (χ3v) is 3.95. The summed E-state index contributed by atoms with van der Waals surface area (Å²) in [4.78, 5) is 46.4. The number of nitro benzene ring substituents is 2. The summed E-state index contributed by atoms with van der Waals surface area (Å²) in [6.45, 7) is -0.321. The molecule has 0 aliphatic carbocycles. The maximum atomic E-state index is 12.6. The van der Waals surface area contributed by atoms with Gasteiger partial charge in [-0.3, -0.25) is 29.8 Å². The van der Waals surface area contributed by atoms with Crippen molar-refractivity contribution in [2.24, 2.45) is 0 Å². The number of rotatable bonds is 9. The lowest BCUT2D eigenvalue weighted by molar-refractivity contribution is -0.385. The van der Waals surface area contributed by atoms with Gasteiger partial charge >= 0.3 is 0 Å². The zero-order chi connectivity index (χ0) is 21.4. The number of aliphatic hydroxyl groups is 1. The first-order chi connectivity index (χ1) is 13.8. The quantitative estimate of drug-likeness (QED) is 0.474. The fourth-order valence-corrected chi connectivity index (χ4v) is 2.54. The van der Waals surface area contributed by atoms with Crippen LogP contribution in [0.2, 0.25) is 0 Å². The number of nitrogens with zero attached hydrogens (tertiary/aromatic N) is 3. The third-order valence-electron chi connectivity index (χ3n) is 3.95. The maximum Gasteiger partial charge on any atom is 0.270 e. The van der Waals surface area contributed by atoms with Gasteiger partial charge < -0.3 is 15.3 Å². The predicted octanol–water partition coefficient (Wildman–Crippen LogP) is 1.37. The van der Waals surface area contributed by atoms with Crippen molar-refractivity contribution >= 4 is 23.2 Å². The molecule has 0 bridgehead atoms. The van der Waals surface area contributed by atoms with Crippen LogP contribution in [0.4, 0.5) is 11.4 Å². The molecule has 0 spiro atoms. The topological polar surface area (TPSA) is 156 Å². The van der Waals surface area contributed by atoms with E-state index in [1.807, 2.05) is 0 Å². The molecule has 0 aromatic heterocycles. The van der Waals surface area contributed by atoms with Gasteiger partial charge in [-0.15, -0.1) is 0 Å². The molecular formula is C18H18N4O7. The van der Waals surface area contributed by atoms with Crippen molar-refractivity contribution in [3.05, 3.63) is 79.9 Å². The zero-order valence-corrected chi connectivity index (χ0v) is 15.2. The van der Waals surface area contributed by atoms with Crippen molar-refractivity contribution in [1.29, 1.82) is 0 Å². The van der Waals surface area contributed by atoms with Crippen molar-refractivity contribution in [3.63, 3.8) is 0 Å². The Balaban J connectivity index is 2.02. The zero-order valence-electron chi connectivity index (χ0n) is 15.2. The van der Waals surface area contributed by atoms with E-state index >= 15 is 0 Å². The molecule has 11 nitrogen and oxygen atoms in total. The second kappa shape index (κ2) is 9.90. The third kappa shape index (κ3) is 5.81. The van der Waals surface area contributed by atoms with Gasteiger partial charge in [-0.05, 0) is 12.1 Å². The van der Waals surface area contributed by atoms with E-state index in [0.29, 0.717) is 0 Å². The summed E-state index contributed by atoms with van der Waals surface area (Å²) in [6.07, 6.45) is 0. The van der Waals surface area contributed by atoms with Crippen molar-refractivity contribution in [2.75, 3.05) is 26.2 Å². The average molecular weight is 402 g/mol. The average Bonchev–Trinajstić information content (AvgIpc) is 2.72. The minimum absolute atomic E-state index is 0.0161. The Bertz CT molecular complexity index is 932. The summed E-state index contributed by atoms with van der Waals surface area (Å²) < 4.78 is 0. The van der Waals surface area contributed by atoms with Gasteiger partial charge in [-0.25, -0.2) is 0 Å². The molecule has 0 unspecified atom stereocenters. The standard InChI is InChI=1S/C18H18N4O7/c23-10-9-20(18(25)14-4-2-6-16(12-14)22(28)29)8-7-19-17(24)13-3-1-5-15(11-13)21(26)27/h1-6,11-12,23H,7-10H2,(H,19,24). The summed E-state index contributed by atoms with van der Waals surface area (Å²) in [5, 5.41) is 33.4. The van der Waals surface area contributed by atoms with Crippen LogP contribution >= 0.6 is 0 Å². The SMILES string of the molecule is O=C(NCCN(CCO)C(=O)c1cccc([N+](=O)[O-])c1)c1cccc([N+](=O)[O-])c1. The number of hydrogen-bond donors (Lipinski definition) is 2. The van der Waals surface area contributed by atoms with Gasteiger partial charge in [0.2, 0.25) is 0 Å². The summed E-state index contributed by atoms with van der Waals surface area (Å²) in [6, 6.07) is 10.4. The smallest absolute Gasteiger partial charge is 0.270 e. The number of nitrogens with one attached hydrogen (secondary N) is 1. The summed E-state index contributed by atoms with van der Waals surface area (Å²) >= 11 is 0. The van der Waals surface area contributed by atoms with Gasteiger partial charge in [0.25, 0.3) is 23.2 Å². The number of nitro groups is 2. The van der Waals surface area contributed by atoms with E-state index in [9.17, 15) is 34.9 Å². The first kappa shape index (κ1) is 21.4. The van der Waals surface area contributed by atoms with Gasteiger partial charge in [-0.1, -0.05) is 12.1 Å². The number of amides is 2. The minimum atomic E-state index is -0.619. The Hall–Kier alpha value is -3.86. The molecule has 2 rings (SSSR count). The molecule has 2 aromatic rings. The van der Waals surface area contributed by atoms with E-state index in [-0.39, 0.29) is 48.7 Å². The lowest BCUT2D eigenvalue weighted by Gasteiger charge is -2.22. The maximum absolute atomic E-state index is 12.6. The second-order valence-corrected chi connectivity index (χ2v) is 5.89. The second-order valence-electron chi connectivity index (χ2n) is 5.89. The molecule has 0 aliphatic rings. The number of benzene rings is 2. The van der Waals surface area contributed by atoms with E-state index in [2.05, 4.69) is 5.32 Å². The van der Waals surface area contributed by atoms with Crippen LogP contribution in [-0.4, -0.2) is 57.9 Å². The van der Waals surface area contributed by atoms with Crippen LogP contribution in [0.1, 0.15) is 20.7 Å². The van der Waals surface area contributed by atoms with Gasteiger partial charge in [0, 0.05) is 55.0 Å². The molecule has 2 aromatic carbocycles. The summed E-state index contributed by atoms with van der Waals surface area (Å²) in [7, 11) is 0. The summed E-state index contributed by atoms with van der Waals surface area (Å²) in [5.74, 6) is -1.09. The highest BCUT2D eigenvalue weighted by molar-refractivity contribution is 5.95. The van der Waals surface area contributed by atoms with Crippen LogP contribution in [0.25, 0.3) is 0 Å². The Morgan fingerprint density at radius 3 is 2.03 bits per heavy atom. The van der Waals surface area contributed by atoms with Crippen LogP contribution in [0.3, 0.4) is 0 Å². The van der Waals surface area contributed by atoms with Crippen molar-refractivity contribution in [2.45, 2.75) is 0 Å². The van der Waals surface area contributed by atoms with E-state index in [1.165, 1.54) is 41.3 Å². The van der Waals surface area contributed by atoms with Crippen LogP contribution in [0, 0.1) is 20.2 Å². The first-order valence-corrected chi connectivity index (χ1v) is 8.50. The molecule has 0 aliphatic heterocycles. The summed E-state index contributed by atoms with van der Waals surface area (Å²) in [5.41, 5.74) is -0.283. The molecule has 0 fully saturated rings. The van der Waals surface area contributed by atoms with Crippen molar-refractivity contribution < 1.29 is 24.5 Å². The Morgan fingerprint density at radius 2 is 1.48 bits per heavy atom. The monoisotopic (exact) mass is 402 g/mol. The van der Waals surface area contributed by atoms with E-state index in [0.717, 1.165) is 12.1 Å². The number of aliphatic hydroxyl groups excluding tert-OH is 1. The van der Waals surface area contributed by atoms with Gasteiger partial charge in [0.1, 0.15) is 0 Å². The Kier molecular flexibility index (Phi) is 7.32. The molecular weight excluding hydrogens is 384 g/mol. The minimum Gasteiger partial charge on any atom is -0.395 e. The number of carbonyl (C=O) groups is 2. The number of hydrogen-bond acceptors (Lipinski definition) is 7. The molecule has 2 amide bonds. The number of non-ortho nitro benzene ring substituents is 2. The van der Waals surface area contributed by atoms with Gasteiger partial charge in [0.15, 0.2) is 0 Å². The normalized spacial score (nSPS) is 10.2. The molecule has 0 heterocycles. The molecule has 0 atom stereocenters. The largest absolute Gasteiger partial charge is 0.395 e. The fourth-order valence-electron chi connectivity index (χ4n) is 2.54. The van der Waals surface area contributed by atoms with Gasteiger partial charge in [0.05, 0.1) is 16.5 Å². The van der Waals surface area contributed by atoms with E-state index < -0.39 is 21.7 Å². The van der Waals surface area contributed by atoms with Gasteiger partial charge in [-0.2, -0.15) is 0 Å².